The number of nitrogens with zero attached hydrogens (tertiary/aromatic N) is 2. The maximum atomic E-state index is 6.37. The van der Waals surface area contributed by atoms with E-state index in [1.807, 2.05) is 36.4 Å². The van der Waals surface area contributed by atoms with Gasteiger partial charge in [0.2, 0.25) is 0 Å². The number of epoxide rings is 1. The van der Waals surface area contributed by atoms with Crippen LogP contribution in [-0.4, -0.2) is 15.2 Å². The van der Waals surface area contributed by atoms with E-state index in [1.54, 1.807) is 6.07 Å². The van der Waals surface area contributed by atoms with E-state index in [0.29, 0.717) is 21.5 Å². The second kappa shape index (κ2) is 6.05. The van der Waals surface area contributed by atoms with E-state index >= 15 is 0 Å². The van der Waals surface area contributed by atoms with E-state index in [9.17, 15) is 0 Å². The molecule has 0 saturated carbocycles. The average Bonchev–Trinajstić information content (AvgIpc) is 3.02. The Hall–Kier alpha value is -1.59. The second-order valence-electron chi connectivity index (χ2n) is 5.67. The number of aromatic amines is 1. The van der Waals surface area contributed by atoms with Crippen molar-refractivity contribution in [1.29, 1.82) is 0 Å². The first-order chi connectivity index (χ1) is 11.6. The number of hydrogen-bond acceptors (Lipinski definition) is 3. The van der Waals surface area contributed by atoms with E-state index in [0.717, 1.165) is 17.0 Å². The molecular weight excluding hydrogens is 369 g/mol. The van der Waals surface area contributed by atoms with Crippen molar-refractivity contribution in [2.24, 2.45) is 0 Å². The Bertz CT molecular complexity index is 867. The number of aromatic nitrogens is 3. The Labute approximate surface area is 153 Å². The first-order valence-corrected chi connectivity index (χ1v) is 8.45. The first-order valence-electron chi connectivity index (χ1n) is 7.31. The first kappa shape index (κ1) is 15.9. The highest BCUT2D eigenvalue weighted by molar-refractivity contribution is 6.35. The van der Waals surface area contributed by atoms with Gasteiger partial charge in [0.1, 0.15) is 23.9 Å². The Morgan fingerprint density at radius 1 is 1.04 bits per heavy atom. The van der Waals surface area contributed by atoms with Crippen LogP contribution in [0.2, 0.25) is 15.1 Å². The maximum absolute atomic E-state index is 6.37. The van der Waals surface area contributed by atoms with Crippen molar-refractivity contribution >= 4 is 34.8 Å². The second-order valence-corrected chi connectivity index (χ2v) is 6.95. The summed E-state index contributed by atoms with van der Waals surface area (Å²) in [4.78, 5) is 4.22. The Morgan fingerprint density at radius 2 is 1.79 bits per heavy atom. The fourth-order valence-corrected chi connectivity index (χ4v) is 3.59. The third-order valence-electron chi connectivity index (χ3n) is 4.17. The standard InChI is InChI=1S/C17H12Cl3N3O/c18-11-3-1-10(2-4-11)17(8-15-21-9-22-23-15)16(24-17)13-6-5-12(19)7-14(13)20/h1-7,9,16H,8H2,(H,21,22,23). The molecule has 0 radical (unpaired) electrons. The van der Waals surface area contributed by atoms with Crippen molar-refractivity contribution < 1.29 is 4.74 Å². The lowest BCUT2D eigenvalue weighted by atomic mass is 9.88. The largest absolute Gasteiger partial charge is 0.355 e. The average molecular weight is 381 g/mol. The number of ether oxygens (including phenoxy) is 1. The number of nitrogens with one attached hydrogen (secondary N) is 1. The summed E-state index contributed by atoms with van der Waals surface area (Å²) in [6, 6.07) is 13.0. The molecule has 1 aromatic heterocycles. The number of benzene rings is 2. The predicted molar refractivity (Wildman–Crippen MR) is 93.5 cm³/mol. The van der Waals surface area contributed by atoms with Crippen LogP contribution in [0.15, 0.2) is 48.8 Å². The van der Waals surface area contributed by atoms with Gasteiger partial charge in [-0.3, -0.25) is 5.10 Å². The highest BCUT2D eigenvalue weighted by Crippen LogP contribution is 2.59. The number of rotatable bonds is 4. The summed E-state index contributed by atoms with van der Waals surface area (Å²) in [5.74, 6) is 0.748. The summed E-state index contributed by atoms with van der Waals surface area (Å²) < 4.78 is 6.15. The number of H-pyrrole nitrogens is 1. The van der Waals surface area contributed by atoms with Gasteiger partial charge in [0.25, 0.3) is 0 Å². The molecule has 0 spiro atoms. The van der Waals surface area contributed by atoms with Crippen LogP contribution in [0.5, 0.6) is 0 Å². The van der Waals surface area contributed by atoms with Gasteiger partial charge in [-0.25, -0.2) is 4.98 Å². The van der Waals surface area contributed by atoms with Gasteiger partial charge < -0.3 is 4.74 Å². The van der Waals surface area contributed by atoms with Gasteiger partial charge in [-0.1, -0.05) is 53.0 Å². The summed E-state index contributed by atoms with van der Waals surface area (Å²) in [6.07, 6.45) is 1.85. The molecule has 122 valence electrons. The molecule has 2 unspecified atom stereocenters. The number of halogens is 3. The number of hydrogen-bond donors (Lipinski definition) is 1. The maximum Gasteiger partial charge on any atom is 0.137 e. The molecular formula is C17H12Cl3N3O. The summed E-state index contributed by atoms with van der Waals surface area (Å²) in [5, 5.41) is 8.66. The third kappa shape index (κ3) is 2.80. The highest BCUT2D eigenvalue weighted by atomic mass is 35.5. The quantitative estimate of drug-likeness (QED) is 0.650. The monoisotopic (exact) mass is 379 g/mol. The fourth-order valence-electron chi connectivity index (χ4n) is 2.96. The van der Waals surface area contributed by atoms with Crippen LogP contribution in [-0.2, 0) is 16.8 Å². The molecule has 1 N–H and O–H groups in total. The molecule has 24 heavy (non-hydrogen) atoms. The molecule has 1 aliphatic heterocycles. The van der Waals surface area contributed by atoms with E-state index in [4.69, 9.17) is 39.5 Å². The molecule has 1 saturated heterocycles. The lowest BCUT2D eigenvalue weighted by Gasteiger charge is -2.13. The molecule has 2 aromatic carbocycles. The lowest BCUT2D eigenvalue weighted by Crippen LogP contribution is -2.15. The molecule has 1 fully saturated rings. The van der Waals surface area contributed by atoms with Gasteiger partial charge in [0.15, 0.2) is 0 Å². The van der Waals surface area contributed by atoms with Crippen molar-refractivity contribution in [2.45, 2.75) is 18.1 Å². The molecule has 4 rings (SSSR count). The Balaban J connectivity index is 1.74. The zero-order chi connectivity index (χ0) is 16.7. The zero-order valence-corrected chi connectivity index (χ0v) is 14.6. The predicted octanol–water partition coefficient (Wildman–Crippen LogP) is 4.97. The van der Waals surface area contributed by atoms with Crippen LogP contribution < -0.4 is 0 Å². The van der Waals surface area contributed by atoms with Crippen molar-refractivity contribution in [2.75, 3.05) is 0 Å². The van der Waals surface area contributed by atoms with Crippen molar-refractivity contribution in [3.8, 4) is 0 Å². The molecule has 0 bridgehead atoms. The van der Waals surface area contributed by atoms with Crippen LogP contribution in [0, 0.1) is 0 Å². The van der Waals surface area contributed by atoms with Crippen LogP contribution >= 0.6 is 34.8 Å². The lowest BCUT2D eigenvalue weighted by molar-refractivity contribution is 0.292. The molecule has 0 aliphatic carbocycles. The molecule has 2 atom stereocenters. The van der Waals surface area contributed by atoms with Gasteiger partial charge in [0, 0.05) is 27.1 Å². The normalized spacial score (nSPS) is 22.5. The Morgan fingerprint density at radius 3 is 2.46 bits per heavy atom. The van der Waals surface area contributed by atoms with Gasteiger partial charge in [-0.15, -0.1) is 0 Å². The molecule has 2 heterocycles. The molecule has 1 aliphatic rings. The van der Waals surface area contributed by atoms with Gasteiger partial charge >= 0.3 is 0 Å². The van der Waals surface area contributed by atoms with E-state index in [1.165, 1.54) is 6.33 Å². The van der Waals surface area contributed by atoms with Crippen LogP contribution in [0.1, 0.15) is 23.1 Å². The van der Waals surface area contributed by atoms with E-state index in [2.05, 4.69) is 15.2 Å². The molecule has 7 heteroatoms. The van der Waals surface area contributed by atoms with E-state index < -0.39 is 5.60 Å². The minimum absolute atomic E-state index is 0.187. The van der Waals surface area contributed by atoms with Gasteiger partial charge in [0.05, 0.1) is 0 Å². The minimum atomic E-state index is -0.554. The van der Waals surface area contributed by atoms with Gasteiger partial charge in [-0.05, 0) is 29.8 Å². The molecule has 4 nitrogen and oxygen atoms in total. The minimum Gasteiger partial charge on any atom is -0.355 e. The molecule has 3 aromatic rings. The van der Waals surface area contributed by atoms with Crippen LogP contribution in [0.3, 0.4) is 0 Å². The summed E-state index contributed by atoms with van der Waals surface area (Å²) in [7, 11) is 0. The van der Waals surface area contributed by atoms with Crippen LogP contribution in [0.25, 0.3) is 0 Å². The summed E-state index contributed by atoms with van der Waals surface area (Å²) in [5.41, 5.74) is 1.36. The topological polar surface area (TPSA) is 54.1 Å². The highest BCUT2D eigenvalue weighted by Gasteiger charge is 2.59. The third-order valence-corrected chi connectivity index (χ3v) is 4.98. The fraction of sp³-hybridized carbons (Fsp3) is 0.176. The summed E-state index contributed by atoms with van der Waals surface area (Å²) in [6.45, 7) is 0. The summed E-state index contributed by atoms with van der Waals surface area (Å²) >= 11 is 18.4. The van der Waals surface area contributed by atoms with E-state index in [-0.39, 0.29) is 6.10 Å². The Kier molecular flexibility index (Phi) is 4.01. The van der Waals surface area contributed by atoms with Crippen molar-refractivity contribution in [1.82, 2.24) is 15.2 Å². The van der Waals surface area contributed by atoms with Crippen molar-refractivity contribution in [3.63, 3.8) is 0 Å². The van der Waals surface area contributed by atoms with Crippen LogP contribution in [0.4, 0.5) is 0 Å². The SMILES string of the molecule is Clc1ccc(C2(Cc3ncn[nH]3)OC2c2ccc(Cl)cc2Cl)cc1. The van der Waals surface area contributed by atoms with Crippen molar-refractivity contribution in [3.05, 3.63) is 80.8 Å². The zero-order valence-electron chi connectivity index (χ0n) is 12.3. The molecule has 0 amide bonds. The smallest absolute Gasteiger partial charge is 0.137 e. The van der Waals surface area contributed by atoms with Gasteiger partial charge in [-0.2, -0.15) is 5.10 Å².